The Morgan fingerprint density at radius 3 is 0.897 bits per heavy atom. The molecule has 39 heavy (non-hydrogen) atoms. The van der Waals surface area contributed by atoms with E-state index in [2.05, 4.69) is 0 Å². The van der Waals surface area contributed by atoms with Crippen molar-refractivity contribution in [3.63, 3.8) is 0 Å². The van der Waals surface area contributed by atoms with Crippen molar-refractivity contribution in [1.29, 1.82) is 0 Å². The molecule has 11 heteroatoms. The summed E-state index contributed by atoms with van der Waals surface area (Å²) in [7, 11) is 0. The van der Waals surface area contributed by atoms with Crippen LogP contribution in [0.1, 0.15) is 64.2 Å². The number of rotatable bonds is 0. The van der Waals surface area contributed by atoms with Gasteiger partial charge in [0.1, 0.15) is 13.2 Å². The van der Waals surface area contributed by atoms with E-state index in [1.54, 1.807) is 0 Å². The molecule has 0 aromatic heterocycles. The second kappa shape index (κ2) is 18.2. The zero-order valence-electron chi connectivity index (χ0n) is 22.9. The van der Waals surface area contributed by atoms with Crippen LogP contribution in [0.3, 0.4) is 0 Å². The first kappa shape index (κ1) is 31.3. The number of carbonyl (C=O) groups is 4. The van der Waals surface area contributed by atoms with E-state index < -0.39 is 23.7 Å². The highest BCUT2D eigenvalue weighted by Crippen LogP contribution is 2.33. The van der Waals surface area contributed by atoms with Crippen LogP contribution in [0.15, 0.2) is 0 Å². The summed E-state index contributed by atoms with van der Waals surface area (Å²) >= 11 is 0. The summed E-state index contributed by atoms with van der Waals surface area (Å²) < 4.78 is 38.0. The lowest BCUT2D eigenvalue weighted by Crippen LogP contribution is -2.35. The molecular formula is C28H44O11. The first-order chi connectivity index (χ1) is 19.1. The van der Waals surface area contributed by atoms with Gasteiger partial charge in [-0.15, -0.1) is 0 Å². The lowest BCUT2D eigenvalue weighted by molar-refractivity contribution is -0.164. The van der Waals surface area contributed by atoms with Crippen LogP contribution in [0.25, 0.3) is 0 Å². The van der Waals surface area contributed by atoms with E-state index in [1.165, 1.54) is 0 Å². The predicted molar refractivity (Wildman–Crippen MR) is 136 cm³/mol. The highest BCUT2D eigenvalue weighted by molar-refractivity contribution is 5.83. The first-order valence-electron chi connectivity index (χ1n) is 14.5. The first-order valence-corrected chi connectivity index (χ1v) is 14.5. The van der Waals surface area contributed by atoms with Gasteiger partial charge in [-0.05, 0) is 38.5 Å². The normalized spacial score (nSPS) is 30.8. The molecular weight excluding hydrogens is 512 g/mol. The minimum Gasteiger partial charge on any atom is -0.465 e. The molecule has 3 aliphatic rings. The van der Waals surface area contributed by atoms with Crippen molar-refractivity contribution < 1.29 is 52.3 Å². The molecule has 0 unspecified atom stereocenters. The lowest BCUT2D eigenvalue weighted by Gasteiger charge is -2.28. The summed E-state index contributed by atoms with van der Waals surface area (Å²) in [5.41, 5.74) is 0. The van der Waals surface area contributed by atoms with Crippen molar-refractivity contribution in [2.24, 2.45) is 23.7 Å². The number of carbonyl (C=O) groups excluding carboxylic acids is 4. The minimum atomic E-state index is -0.508. The maximum absolute atomic E-state index is 12.7. The van der Waals surface area contributed by atoms with Gasteiger partial charge < -0.3 is 33.2 Å². The maximum atomic E-state index is 12.7. The second-order valence-electron chi connectivity index (χ2n) is 10.2. The Morgan fingerprint density at radius 1 is 0.333 bits per heavy atom. The van der Waals surface area contributed by atoms with Gasteiger partial charge in [-0.2, -0.15) is 0 Å². The number of cyclic esters (lactones) is 4. The smallest absolute Gasteiger partial charge is 0.309 e. The van der Waals surface area contributed by atoms with Crippen LogP contribution in [-0.4, -0.2) is 89.9 Å². The minimum absolute atomic E-state index is 0.110. The highest BCUT2D eigenvalue weighted by Gasteiger charge is 2.39. The quantitative estimate of drug-likeness (QED) is 0.322. The zero-order chi connectivity index (χ0) is 27.7. The van der Waals surface area contributed by atoms with Crippen molar-refractivity contribution in [3.05, 3.63) is 0 Å². The molecule has 2 saturated carbocycles. The zero-order valence-corrected chi connectivity index (χ0v) is 22.9. The summed E-state index contributed by atoms with van der Waals surface area (Å²) in [6.07, 6.45) is 6.90. The van der Waals surface area contributed by atoms with E-state index in [1.807, 2.05) is 0 Å². The molecule has 0 spiro atoms. The van der Waals surface area contributed by atoms with Crippen molar-refractivity contribution in [3.8, 4) is 0 Å². The number of ether oxygens (including phenoxy) is 7. The van der Waals surface area contributed by atoms with Crippen molar-refractivity contribution in [1.82, 2.24) is 0 Å². The third-order valence-corrected chi connectivity index (χ3v) is 7.46. The fraction of sp³-hybridized carbons (Fsp3) is 0.857. The van der Waals surface area contributed by atoms with Gasteiger partial charge in [-0.1, -0.05) is 25.7 Å². The molecule has 222 valence electrons. The molecule has 4 atom stereocenters. The van der Waals surface area contributed by atoms with Crippen LogP contribution >= 0.6 is 0 Å². The third-order valence-electron chi connectivity index (χ3n) is 7.46. The Kier molecular flexibility index (Phi) is 14.6. The highest BCUT2D eigenvalue weighted by atomic mass is 16.6. The van der Waals surface area contributed by atoms with Crippen LogP contribution in [0.4, 0.5) is 0 Å². The number of fused-ring (bicyclic) bond motifs is 2. The molecule has 2 aliphatic carbocycles. The fourth-order valence-corrected chi connectivity index (χ4v) is 5.31. The van der Waals surface area contributed by atoms with Gasteiger partial charge in [0.05, 0.1) is 76.5 Å². The molecule has 1 aliphatic heterocycles. The van der Waals surface area contributed by atoms with Crippen LogP contribution in [-0.2, 0) is 52.3 Å². The van der Waals surface area contributed by atoms with E-state index in [9.17, 15) is 19.2 Å². The van der Waals surface area contributed by atoms with E-state index in [0.29, 0.717) is 65.0 Å². The van der Waals surface area contributed by atoms with Gasteiger partial charge in [0.2, 0.25) is 0 Å². The fourth-order valence-electron chi connectivity index (χ4n) is 5.31. The van der Waals surface area contributed by atoms with Gasteiger partial charge >= 0.3 is 23.9 Å². The molecule has 11 nitrogen and oxygen atoms in total. The molecule has 1 heterocycles. The molecule has 0 bridgehead atoms. The molecule has 0 N–H and O–H groups in total. The SMILES string of the molecule is O=C1OCCOCCOCCOCCOC(=O)[C@@H]2CCCC[C@@H]2C(=O)OCCCCOC(=O)[C@@H]2CCCC[C@H]12. The summed E-state index contributed by atoms with van der Waals surface area (Å²) in [4.78, 5) is 50.7. The van der Waals surface area contributed by atoms with Crippen LogP contribution in [0, 0.1) is 23.7 Å². The van der Waals surface area contributed by atoms with E-state index in [4.69, 9.17) is 33.2 Å². The third kappa shape index (κ3) is 11.0. The summed E-state index contributed by atoms with van der Waals surface area (Å²) in [6.45, 7) is 2.49. The van der Waals surface area contributed by atoms with Crippen molar-refractivity contribution in [2.75, 3.05) is 66.1 Å². The monoisotopic (exact) mass is 556 g/mol. The number of hydrogen-bond acceptors (Lipinski definition) is 11. The van der Waals surface area contributed by atoms with Crippen LogP contribution in [0.2, 0.25) is 0 Å². The molecule has 0 aromatic carbocycles. The summed E-state index contributed by atoms with van der Waals surface area (Å²) in [5, 5.41) is 0. The van der Waals surface area contributed by atoms with Gasteiger partial charge in [0.25, 0.3) is 0 Å². The number of hydrogen-bond donors (Lipinski definition) is 0. The van der Waals surface area contributed by atoms with Crippen LogP contribution in [0.5, 0.6) is 0 Å². The molecule has 1 saturated heterocycles. The lowest BCUT2D eigenvalue weighted by atomic mass is 9.79. The Hall–Kier alpha value is -2.24. The second-order valence-corrected chi connectivity index (χ2v) is 10.2. The molecule has 0 aromatic rings. The Bertz CT molecular complexity index is 709. The average molecular weight is 557 g/mol. The number of esters is 4. The van der Waals surface area contributed by atoms with E-state index in [0.717, 1.165) is 25.7 Å². The van der Waals surface area contributed by atoms with Gasteiger partial charge in [-0.25, -0.2) is 0 Å². The van der Waals surface area contributed by atoms with Crippen LogP contribution < -0.4 is 0 Å². The van der Waals surface area contributed by atoms with Crippen molar-refractivity contribution in [2.45, 2.75) is 64.2 Å². The Morgan fingerprint density at radius 2 is 0.590 bits per heavy atom. The molecule has 0 amide bonds. The van der Waals surface area contributed by atoms with Gasteiger partial charge in [-0.3, -0.25) is 19.2 Å². The molecule has 0 radical (unpaired) electrons. The Labute approximate surface area is 230 Å². The standard InChI is InChI=1S/C28H44O11/c29-25-21-7-1-3-9-23(21)27(31)38-19-17-34-15-13-33-14-16-35-18-20-39-28(32)24-10-4-2-8-22(24)26(30)37-12-6-5-11-36-25/h21-24H,1-20H2/t21-,22+,23+,24-. The molecule has 3 fully saturated rings. The summed E-state index contributed by atoms with van der Waals surface area (Å²) in [5.74, 6) is -3.57. The predicted octanol–water partition coefficient (Wildman–Crippen LogP) is 2.62. The van der Waals surface area contributed by atoms with Gasteiger partial charge in [0, 0.05) is 0 Å². The van der Waals surface area contributed by atoms with E-state index >= 15 is 0 Å². The summed E-state index contributed by atoms with van der Waals surface area (Å²) in [6, 6.07) is 0. The molecule has 3 rings (SSSR count). The topological polar surface area (TPSA) is 133 Å². The Balaban J connectivity index is 1.50. The van der Waals surface area contributed by atoms with Gasteiger partial charge in [0.15, 0.2) is 0 Å². The largest absolute Gasteiger partial charge is 0.465 e. The van der Waals surface area contributed by atoms with Crippen molar-refractivity contribution >= 4 is 23.9 Å². The average Bonchev–Trinajstić information content (AvgIpc) is 2.96. The van der Waals surface area contributed by atoms with E-state index in [-0.39, 0.29) is 63.5 Å². The maximum Gasteiger partial charge on any atom is 0.309 e.